The van der Waals surface area contributed by atoms with Crippen LogP contribution in [0.3, 0.4) is 0 Å². The van der Waals surface area contributed by atoms with E-state index in [0.29, 0.717) is 5.69 Å². The number of nitrogens with one attached hydrogen (secondary N) is 1. The van der Waals surface area contributed by atoms with Crippen molar-refractivity contribution in [2.75, 3.05) is 5.32 Å². The van der Waals surface area contributed by atoms with E-state index in [2.05, 4.69) is 15.5 Å². The van der Waals surface area contributed by atoms with E-state index in [1.54, 1.807) is 0 Å². The molecule has 1 rings (SSSR count). The maximum absolute atomic E-state index is 10.5. The fourth-order valence-corrected chi connectivity index (χ4v) is 0.773. The number of hydrogen-bond donors (Lipinski definition) is 1. The molecule has 0 atom stereocenters. The Balaban J connectivity index is 2.79. The average Bonchev–Trinajstić information content (AvgIpc) is 1.85. The number of carbonyl (C=O) groups excluding carboxylic acids is 1. The van der Waals surface area contributed by atoms with Crippen LogP contribution in [-0.4, -0.2) is 16.1 Å². The third kappa shape index (κ3) is 2.51. The van der Waals surface area contributed by atoms with Gasteiger partial charge < -0.3 is 5.32 Å². The van der Waals surface area contributed by atoms with Gasteiger partial charge in [-0.05, 0) is 0 Å². The van der Waals surface area contributed by atoms with Crippen LogP contribution in [0.1, 0.15) is 6.92 Å². The summed E-state index contributed by atoms with van der Waals surface area (Å²) in [6.45, 7) is 1.41. The predicted octanol–water partition coefficient (Wildman–Crippen LogP) is 1.09. The Morgan fingerprint density at radius 3 is 3.00 bits per heavy atom. The number of amides is 1. The third-order valence-electron chi connectivity index (χ3n) is 0.945. The molecule has 4 nitrogen and oxygen atoms in total. The van der Waals surface area contributed by atoms with E-state index >= 15 is 0 Å². The van der Waals surface area contributed by atoms with Crippen molar-refractivity contribution in [3.63, 3.8) is 0 Å². The fraction of sp³-hybridized carbons (Fsp3) is 0.167. The molecule has 0 saturated carbocycles. The number of carbonyl (C=O) groups is 1. The molecule has 5 heteroatoms. The molecule has 0 bridgehead atoms. The summed E-state index contributed by atoms with van der Waals surface area (Å²) in [5.41, 5.74) is 0.553. The Morgan fingerprint density at radius 2 is 2.45 bits per heavy atom. The zero-order valence-electron chi connectivity index (χ0n) is 5.84. The van der Waals surface area contributed by atoms with Crippen molar-refractivity contribution in [2.24, 2.45) is 0 Å². The highest BCUT2D eigenvalue weighted by atomic mass is 35.5. The second kappa shape index (κ2) is 3.30. The van der Waals surface area contributed by atoms with Gasteiger partial charge in [-0.25, -0.2) is 0 Å². The van der Waals surface area contributed by atoms with Crippen molar-refractivity contribution in [1.29, 1.82) is 0 Å². The third-order valence-corrected chi connectivity index (χ3v) is 1.13. The smallest absolute Gasteiger partial charge is 0.221 e. The van der Waals surface area contributed by atoms with Crippen LogP contribution in [0.2, 0.25) is 5.15 Å². The Morgan fingerprint density at radius 1 is 1.73 bits per heavy atom. The van der Waals surface area contributed by atoms with E-state index < -0.39 is 0 Å². The van der Waals surface area contributed by atoms with Crippen LogP contribution in [0.5, 0.6) is 0 Å². The highest BCUT2D eigenvalue weighted by molar-refractivity contribution is 6.29. The number of nitrogens with zero attached hydrogens (tertiary/aromatic N) is 2. The molecule has 1 N–H and O–H groups in total. The number of halogens is 1. The van der Waals surface area contributed by atoms with Crippen molar-refractivity contribution in [3.05, 3.63) is 17.4 Å². The van der Waals surface area contributed by atoms with E-state index in [9.17, 15) is 4.79 Å². The van der Waals surface area contributed by atoms with Gasteiger partial charge in [0.1, 0.15) is 0 Å². The second-order valence-electron chi connectivity index (χ2n) is 1.95. The molecule has 1 amide bonds. The van der Waals surface area contributed by atoms with Gasteiger partial charge in [-0.15, -0.1) is 5.10 Å². The summed E-state index contributed by atoms with van der Waals surface area (Å²) in [5, 5.41) is 9.83. The summed E-state index contributed by atoms with van der Waals surface area (Å²) >= 11 is 5.50. The lowest BCUT2D eigenvalue weighted by atomic mass is 10.4. The van der Waals surface area contributed by atoms with Gasteiger partial charge in [0.05, 0.1) is 11.9 Å². The van der Waals surface area contributed by atoms with Crippen molar-refractivity contribution >= 4 is 23.2 Å². The largest absolute Gasteiger partial charge is 0.325 e. The first kappa shape index (κ1) is 7.94. The maximum atomic E-state index is 10.5. The summed E-state index contributed by atoms with van der Waals surface area (Å²) in [6.07, 6.45) is 1.42. The van der Waals surface area contributed by atoms with Crippen LogP contribution < -0.4 is 5.32 Å². The molecule has 11 heavy (non-hydrogen) atoms. The molecule has 0 radical (unpaired) electrons. The van der Waals surface area contributed by atoms with Crippen LogP contribution in [0, 0.1) is 0 Å². The normalized spacial score (nSPS) is 9.27. The minimum absolute atomic E-state index is 0.158. The summed E-state index contributed by atoms with van der Waals surface area (Å²) < 4.78 is 0. The number of aromatic nitrogens is 2. The van der Waals surface area contributed by atoms with E-state index in [0.717, 1.165) is 0 Å². The molecule has 0 unspecified atom stereocenters. The zero-order chi connectivity index (χ0) is 8.27. The van der Waals surface area contributed by atoms with E-state index in [-0.39, 0.29) is 11.1 Å². The molecule has 1 aromatic heterocycles. The maximum Gasteiger partial charge on any atom is 0.221 e. The predicted molar refractivity (Wildman–Crippen MR) is 41.3 cm³/mol. The van der Waals surface area contributed by atoms with Crippen LogP contribution in [0.25, 0.3) is 0 Å². The van der Waals surface area contributed by atoms with Gasteiger partial charge in [0.2, 0.25) is 5.91 Å². The van der Waals surface area contributed by atoms with Gasteiger partial charge in [-0.2, -0.15) is 5.10 Å². The monoisotopic (exact) mass is 171 g/mol. The Labute approximate surface area is 68.6 Å². The Kier molecular flexibility index (Phi) is 2.38. The second-order valence-corrected chi connectivity index (χ2v) is 2.34. The summed E-state index contributed by atoms with van der Waals surface area (Å²) in [6, 6.07) is 1.52. The highest BCUT2D eigenvalue weighted by Gasteiger charge is 1.96. The molecule has 0 aliphatic rings. The van der Waals surface area contributed by atoms with Gasteiger partial charge in [-0.3, -0.25) is 4.79 Å². The van der Waals surface area contributed by atoms with Crippen LogP contribution in [-0.2, 0) is 4.79 Å². The van der Waals surface area contributed by atoms with Crippen LogP contribution in [0.4, 0.5) is 5.69 Å². The van der Waals surface area contributed by atoms with Crippen molar-refractivity contribution in [3.8, 4) is 0 Å². The topological polar surface area (TPSA) is 54.9 Å². The molecule has 1 aromatic rings. The minimum atomic E-state index is -0.158. The van der Waals surface area contributed by atoms with Gasteiger partial charge in [-0.1, -0.05) is 11.6 Å². The molecule has 0 saturated heterocycles. The molecule has 0 fully saturated rings. The zero-order valence-corrected chi connectivity index (χ0v) is 6.59. The molecule has 58 valence electrons. The number of anilines is 1. The molecular weight excluding hydrogens is 166 g/mol. The van der Waals surface area contributed by atoms with Gasteiger partial charge in [0.25, 0.3) is 0 Å². The van der Waals surface area contributed by atoms with E-state index in [4.69, 9.17) is 11.6 Å². The molecule has 0 aliphatic heterocycles. The van der Waals surface area contributed by atoms with Gasteiger partial charge in [0.15, 0.2) is 5.15 Å². The van der Waals surface area contributed by atoms with Gasteiger partial charge in [0, 0.05) is 13.0 Å². The van der Waals surface area contributed by atoms with Crippen molar-refractivity contribution < 1.29 is 4.79 Å². The lowest BCUT2D eigenvalue weighted by Crippen LogP contribution is -2.06. The molecule has 0 aliphatic carbocycles. The van der Waals surface area contributed by atoms with Crippen LogP contribution in [0.15, 0.2) is 12.3 Å². The quantitative estimate of drug-likeness (QED) is 0.688. The first-order valence-corrected chi connectivity index (χ1v) is 3.32. The molecule has 0 aromatic carbocycles. The lowest BCUT2D eigenvalue weighted by Gasteiger charge is -1.98. The van der Waals surface area contributed by atoms with Crippen molar-refractivity contribution in [1.82, 2.24) is 10.2 Å². The van der Waals surface area contributed by atoms with E-state index in [1.807, 2.05) is 0 Å². The number of hydrogen-bond acceptors (Lipinski definition) is 3. The lowest BCUT2D eigenvalue weighted by molar-refractivity contribution is -0.114. The molecule has 1 heterocycles. The summed E-state index contributed by atoms with van der Waals surface area (Å²) in [7, 11) is 0. The first-order valence-electron chi connectivity index (χ1n) is 2.94. The first-order chi connectivity index (χ1) is 5.18. The Hall–Kier alpha value is -1.16. The number of rotatable bonds is 1. The minimum Gasteiger partial charge on any atom is -0.325 e. The molecular formula is C6H6ClN3O. The molecule has 0 spiro atoms. The van der Waals surface area contributed by atoms with Crippen molar-refractivity contribution in [2.45, 2.75) is 6.92 Å². The van der Waals surface area contributed by atoms with Crippen LogP contribution >= 0.6 is 11.6 Å². The van der Waals surface area contributed by atoms with Gasteiger partial charge >= 0.3 is 0 Å². The fourth-order valence-electron chi connectivity index (χ4n) is 0.612. The SMILES string of the molecule is CC(=O)Nc1cnnc(Cl)c1. The highest BCUT2D eigenvalue weighted by Crippen LogP contribution is 2.09. The summed E-state index contributed by atoms with van der Waals surface area (Å²) in [5.74, 6) is -0.158. The standard InChI is InChI=1S/C6H6ClN3O/c1-4(11)9-5-2-6(7)10-8-3-5/h2-3H,1H3,(H,9,10,11). The average molecular weight is 172 g/mol. The Bertz CT molecular complexity index is 276. The summed E-state index contributed by atoms with van der Waals surface area (Å²) in [4.78, 5) is 10.5. The van der Waals surface area contributed by atoms with E-state index in [1.165, 1.54) is 19.2 Å².